The molecular weight excluding hydrogens is 356 g/mol. The van der Waals surface area contributed by atoms with E-state index in [9.17, 15) is 4.79 Å². The number of aliphatic imine (C=N–C) groups is 1. The lowest BCUT2D eigenvalue weighted by atomic mass is 9.99. The Hall–Kier alpha value is -2.79. The molecule has 2 aromatic heterocycles. The van der Waals surface area contributed by atoms with E-state index < -0.39 is 6.04 Å². The molecule has 0 aliphatic rings. The van der Waals surface area contributed by atoms with Gasteiger partial charge < -0.3 is 22.0 Å². The molecule has 0 bridgehead atoms. The maximum absolute atomic E-state index is 13.3. The van der Waals surface area contributed by atoms with Gasteiger partial charge in [0.25, 0.3) is 0 Å². The molecule has 3 aromatic rings. The van der Waals surface area contributed by atoms with Crippen LogP contribution in [-0.4, -0.2) is 10.8 Å². The number of hydrogen-bond donors (Lipinski definition) is 0. The standard InChI is InChI=1S/C22H22N2O2S/c1-15-6-4-10-24(14-15)20(22(27)23-13-19-7-5-11-26-19)21(25)18-9-8-16(2)17(3)12-18/h4-12,14,20H,13H2,1-3H3/t20-/m0/s1. The van der Waals surface area contributed by atoms with Crippen molar-refractivity contribution < 1.29 is 13.8 Å². The lowest BCUT2D eigenvalue weighted by Gasteiger charge is -2.19. The second-order valence-electron chi connectivity index (χ2n) is 6.63. The number of Topliss-reactive ketones (excluding diaryl/α,β-unsaturated/α-hetero) is 1. The average Bonchev–Trinajstić information content (AvgIpc) is 3.16. The van der Waals surface area contributed by atoms with Crippen molar-refractivity contribution >= 4 is 23.5 Å². The highest BCUT2D eigenvalue weighted by Gasteiger charge is 2.28. The van der Waals surface area contributed by atoms with Crippen molar-refractivity contribution in [2.75, 3.05) is 0 Å². The zero-order valence-electron chi connectivity index (χ0n) is 15.7. The van der Waals surface area contributed by atoms with Crippen molar-refractivity contribution in [3.8, 4) is 0 Å². The average molecular weight is 378 g/mol. The van der Waals surface area contributed by atoms with Crippen LogP contribution in [0.4, 0.5) is 0 Å². The number of furan rings is 1. The van der Waals surface area contributed by atoms with Crippen molar-refractivity contribution in [1.82, 2.24) is 0 Å². The summed E-state index contributed by atoms with van der Waals surface area (Å²) >= 11 is 5.56. The SMILES string of the molecule is Cc1ccc[n+]([C@@H](C(=O)c2ccc(C)c(C)c2)C([S-])=NCc2ccco2)c1. The number of aromatic nitrogens is 1. The van der Waals surface area contributed by atoms with Crippen LogP contribution >= 0.6 is 0 Å². The fourth-order valence-corrected chi connectivity index (χ4v) is 3.14. The van der Waals surface area contributed by atoms with E-state index in [0.717, 1.165) is 16.7 Å². The third-order valence-electron chi connectivity index (χ3n) is 4.51. The second kappa shape index (κ2) is 8.27. The van der Waals surface area contributed by atoms with Crippen LogP contribution in [0.2, 0.25) is 0 Å². The summed E-state index contributed by atoms with van der Waals surface area (Å²) in [6.07, 6.45) is 5.37. The van der Waals surface area contributed by atoms with Crippen LogP contribution in [0.15, 0.2) is 70.5 Å². The van der Waals surface area contributed by atoms with Crippen molar-refractivity contribution in [2.24, 2.45) is 4.99 Å². The van der Waals surface area contributed by atoms with Crippen LogP contribution in [0.25, 0.3) is 0 Å². The van der Waals surface area contributed by atoms with Gasteiger partial charge in [-0.3, -0.25) is 4.79 Å². The molecule has 0 aliphatic carbocycles. The molecule has 1 atom stereocenters. The number of ketones is 1. The molecule has 0 aliphatic heterocycles. The number of aryl methyl sites for hydroxylation is 3. The highest BCUT2D eigenvalue weighted by molar-refractivity contribution is 7.77. The molecule has 1 aromatic carbocycles. The van der Waals surface area contributed by atoms with E-state index >= 15 is 0 Å². The Balaban J connectivity index is 1.99. The molecule has 4 nitrogen and oxygen atoms in total. The fraction of sp³-hybridized carbons (Fsp3) is 0.227. The van der Waals surface area contributed by atoms with Gasteiger partial charge in [0.2, 0.25) is 11.8 Å². The number of nitrogens with zero attached hydrogens (tertiary/aromatic N) is 2. The first kappa shape index (κ1) is 19.0. The fourth-order valence-electron chi connectivity index (χ4n) is 2.85. The normalized spacial score (nSPS) is 12.8. The number of carbonyl (C=O) groups is 1. The van der Waals surface area contributed by atoms with Gasteiger partial charge in [0.15, 0.2) is 12.4 Å². The molecule has 3 rings (SSSR count). The van der Waals surface area contributed by atoms with Gasteiger partial charge in [-0.2, -0.15) is 4.57 Å². The Bertz CT molecular complexity index is 978. The summed E-state index contributed by atoms with van der Waals surface area (Å²) < 4.78 is 7.15. The van der Waals surface area contributed by atoms with Crippen LogP contribution in [0, 0.1) is 20.8 Å². The minimum absolute atomic E-state index is 0.0677. The van der Waals surface area contributed by atoms with Gasteiger partial charge in [-0.15, -0.1) is 0 Å². The highest BCUT2D eigenvalue weighted by Crippen LogP contribution is 2.16. The number of carbonyl (C=O) groups excluding carboxylic acids is 1. The van der Waals surface area contributed by atoms with Crippen LogP contribution in [0.3, 0.4) is 0 Å². The molecule has 0 saturated heterocycles. The molecule has 0 unspecified atom stereocenters. The Labute approximate surface area is 165 Å². The van der Waals surface area contributed by atoms with E-state index in [1.807, 2.05) is 74.1 Å². The first-order chi connectivity index (χ1) is 13.0. The van der Waals surface area contributed by atoms with Crippen LogP contribution < -0.4 is 4.57 Å². The summed E-state index contributed by atoms with van der Waals surface area (Å²) in [5.41, 5.74) is 3.90. The van der Waals surface area contributed by atoms with E-state index in [2.05, 4.69) is 4.99 Å². The van der Waals surface area contributed by atoms with E-state index in [-0.39, 0.29) is 5.78 Å². The van der Waals surface area contributed by atoms with Crippen molar-refractivity contribution in [2.45, 2.75) is 33.4 Å². The zero-order valence-corrected chi connectivity index (χ0v) is 16.5. The van der Waals surface area contributed by atoms with Gasteiger partial charge in [-0.25, -0.2) is 0 Å². The predicted octanol–water partition coefficient (Wildman–Crippen LogP) is 4.06. The van der Waals surface area contributed by atoms with Gasteiger partial charge in [0, 0.05) is 17.2 Å². The number of benzene rings is 1. The molecule has 0 fully saturated rings. The van der Waals surface area contributed by atoms with Gasteiger partial charge in [-0.1, -0.05) is 12.1 Å². The number of pyridine rings is 1. The van der Waals surface area contributed by atoms with E-state index in [1.165, 1.54) is 0 Å². The summed E-state index contributed by atoms with van der Waals surface area (Å²) in [4.78, 5) is 17.8. The van der Waals surface area contributed by atoms with Gasteiger partial charge in [0.05, 0.1) is 12.8 Å². The van der Waals surface area contributed by atoms with Gasteiger partial charge in [-0.05, 0) is 61.2 Å². The lowest BCUT2D eigenvalue weighted by Crippen LogP contribution is -2.48. The Morgan fingerprint density at radius 1 is 1.15 bits per heavy atom. The minimum atomic E-state index is -0.669. The first-order valence-corrected chi connectivity index (χ1v) is 9.19. The molecule has 0 amide bonds. The van der Waals surface area contributed by atoms with Crippen LogP contribution in [0.1, 0.15) is 38.9 Å². The molecule has 138 valence electrons. The smallest absolute Gasteiger partial charge is 0.237 e. The van der Waals surface area contributed by atoms with Gasteiger partial charge >= 0.3 is 0 Å². The molecule has 0 radical (unpaired) electrons. The highest BCUT2D eigenvalue weighted by atomic mass is 32.1. The Kier molecular flexibility index (Phi) is 5.81. The van der Waals surface area contributed by atoms with E-state index in [0.29, 0.717) is 22.9 Å². The van der Waals surface area contributed by atoms with E-state index in [1.54, 1.807) is 12.3 Å². The largest absolute Gasteiger partial charge is 0.758 e. The molecule has 0 saturated carbocycles. The lowest BCUT2D eigenvalue weighted by molar-refractivity contribution is -0.692. The summed E-state index contributed by atoms with van der Waals surface area (Å²) in [6, 6.07) is 12.6. The van der Waals surface area contributed by atoms with Crippen LogP contribution in [-0.2, 0) is 19.2 Å². The third kappa shape index (κ3) is 4.49. The molecule has 5 heteroatoms. The Morgan fingerprint density at radius 3 is 2.63 bits per heavy atom. The van der Waals surface area contributed by atoms with Crippen molar-refractivity contribution in [1.29, 1.82) is 0 Å². The summed E-state index contributed by atoms with van der Waals surface area (Å²) in [6.45, 7) is 6.33. The first-order valence-electron chi connectivity index (χ1n) is 8.78. The zero-order chi connectivity index (χ0) is 19.4. The molecule has 0 N–H and O–H groups in total. The summed E-state index contributed by atoms with van der Waals surface area (Å²) in [7, 11) is 0. The second-order valence-corrected chi connectivity index (χ2v) is 7.05. The predicted molar refractivity (Wildman–Crippen MR) is 108 cm³/mol. The summed E-state index contributed by atoms with van der Waals surface area (Å²) in [5.74, 6) is 0.644. The van der Waals surface area contributed by atoms with E-state index in [4.69, 9.17) is 17.0 Å². The topological polar surface area (TPSA) is 46.5 Å². The maximum atomic E-state index is 13.3. The molecule has 27 heavy (non-hydrogen) atoms. The Morgan fingerprint density at radius 2 is 1.96 bits per heavy atom. The minimum Gasteiger partial charge on any atom is -0.758 e. The number of hydrogen-bond acceptors (Lipinski definition) is 4. The number of rotatable bonds is 6. The van der Waals surface area contributed by atoms with Crippen molar-refractivity contribution in [3.63, 3.8) is 0 Å². The van der Waals surface area contributed by atoms with Crippen LogP contribution in [0.5, 0.6) is 0 Å². The monoisotopic (exact) mass is 378 g/mol. The van der Waals surface area contributed by atoms with Gasteiger partial charge in [0.1, 0.15) is 5.76 Å². The summed E-state index contributed by atoms with van der Waals surface area (Å²) in [5, 5.41) is 0.338. The third-order valence-corrected chi connectivity index (χ3v) is 4.87. The molecular formula is C22H22N2O2S. The van der Waals surface area contributed by atoms with Crippen molar-refractivity contribution in [3.05, 3.63) is 89.1 Å². The maximum Gasteiger partial charge on any atom is 0.237 e. The molecule has 0 spiro atoms. The molecule has 2 heterocycles. The quantitative estimate of drug-likeness (QED) is 0.214.